The van der Waals surface area contributed by atoms with Crippen molar-refractivity contribution in [3.63, 3.8) is 0 Å². The van der Waals surface area contributed by atoms with E-state index in [0.29, 0.717) is 33.0 Å². The fourth-order valence-corrected chi connectivity index (χ4v) is 5.27. The molecule has 0 aliphatic carbocycles. The Morgan fingerprint density at radius 3 is 2.52 bits per heavy atom. The number of nitrogens with zero attached hydrogens (tertiary/aromatic N) is 2. The Labute approximate surface area is 199 Å². The van der Waals surface area contributed by atoms with E-state index >= 15 is 0 Å². The number of anilines is 1. The van der Waals surface area contributed by atoms with Crippen molar-refractivity contribution in [1.29, 1.82) is 0 Å². The van der Waals surface area contributed by atoms with Crippen molar-refractivity contribution in [1.82, 2.24) is 9.55 Å². The largest absolute Gasteiger partial charge is 0.326 e. The van der Waals surface area contributed by atoms with Gasteiger partial charge in [-0.2, -0.15) is 0 Å². The van der Waals surface area contributed by atoms with Crippen molar-refractivity contribution < 1.29 is 9.59 Å². The van der Waals surface area contributed by atoms with Crippen LogP contribution in [0.2, 0.25) is 0 Å². The average Bonchev–Trinajstić information content (AvgIpc) is 3.25. The quantitative estimate of drug-likeness (QED) is 0.209. The third-order valence-electron chi connectivity index (χ3n) is 5.16. The Hall–Kier alpha value is -3.23. The molecule has 0 unspecified atom stereocenters. The van der Waals surface area contributed by atoms with Crippen LogP contribution in [0, 0.1) is 0 Å². The molecule has 4 rings (SSSR count). The maximum Gasteiger partial charge on any atom is 0.263 e. The van der Waals surface area contributed by atoms with Crippen LogP contribution in [0.4, 0.5) is 5.69 Å². The Kier molecular flexibility index (Phi) is 7.05. The van der Waals surface area contributed by atoms with Crippen molar-refractivity contribution in [2.75, 3.05) is 11.1 Å². The van der Waals surface area contributed by atoms with Gasteiger partial charge in [0.1, 0.15) is 4.83 Å². The second kappa shape index (κ2) is 10.1. The summed E-state index contributed by atoms with van der Waals surface area (Å²) < 4.78 is 1.51. The van der Waals surface area contributed by atoms with Crippen LogP contribution in [0.15, 0.2) is 69.9 Å². The van der Waals surface area contributed by atoms with Gasteiger partial charge in [0.05, 0.1) is 11.1 Å². The van der Waals surface area contributed by atoms with E-state index in [2.05, 4.69) is 10.3 Å². The van der Waals surface area contributed by atoms with E-state index in [1.807, 2.05) is 42.6 Å². The molecule has 8 heteroatoms. The monoisotopic (exact) mass is 477 g/mol. The number of fused-ring (bicyclic) bond motifs is 1. The molecule has 0 saturated carbocycles. The second-order valence-corrected chi connectivity index (χ2v) is 9.34. The third-order valence-corrected chi connectivity index (χ3v) is 7.06. The maximum atomic E-state index is 13.1. The van der Waals surface area contributed by atoms with Gasteiger partial charge in [-0.3, -0.25) is 19.0 Å². The van der Waals surface area contributed by atoms with E-state index in [4.69, 9.17) is 0 Å². The van der Waals surface area contributed by atoms with Crippen LogP contribution in [0.5, 0.6) is 0 Å². The number of nitrogens with one attached hydrogen (secondary N) is 1. The van der Waals surface area contributed by atoms with Gasteiger partial charge in [0, 0.05) is 35.7 Å². The molecule has 0 atom stereocenters. The standard InChI is InChI=1S/C25H23N3O3S2/c1-3-7-21(30)26-18-12-10-17(11-13-18)20(29)15-33-25-27-23-22(24(31)28(25)2)19(14-32-23)16-8-5-4-6-9-16/h4-6,8-14H,3,7,15H2,1-2H3,(H,26,30). The minimum absolute atomic E-state index is 0.0430. The molecule has 0 radical (unpaired) electrons. The first-order valence-corrected chi connectivity index (χ1v) is 12.4. The van der Waals surface area contributed by atoms with Crippen molar-refractivity contribution >= 4 is 50.7 Å². The summed E-state index contributed by atoms with van der Waals surface area (Å²) >= 11 is 2.67. The van der Waals surface area contributed by atoms with Crippen LogP contribution < -0.4 is 10.9 Å². The summed E-state index contributed by atoms with van der Waals surface area (Å²) in [5.74, 6) is 0.0417. The molecule has 0 aliphatic rings. The minimum Gasteiger partial charge on any atom is -0.326 e. The fraction of sp³-hybridized carbons (Fsp3) is 0.200. The van der Waals surface area contributed by atoms with Crippen LogP contribution >= 0.6 is 23.1 Å². The molecule has 2 heterocycles. The summed E-state index contributed by atoms with van der Waals surface area (Å²) in [6, 6.07) is 16.6. The number of rotatable bonds is 8. The number of carbonyl (C=O) groups is 2. The van der Waals surface area contributed by atoms with E-state index in [-0.39, 0.29) is 23.0 Å². The van der Waals surface area contributed by atoms with E-state index in [1.165, 1.54) is 27.7 Å². The predicted octanol–water partition coefficient (Wildman–Crippen LogP) is 5.38. The SMILES string of the molecule is CCCC(=O)Nc1ccc(C(=O)CSc2nc3scc(-c4ccccc4)c3c(=O)n2C)cc1. The summed E-state index contributed by atoms with van der Waals surface area (Å²) in [5.41, 5.74) is 2.95. The van der Waals surface area contributed by atoms with Gasteiger partial charge in [0.2, 0.25) is 5.91 Å². The number of hydrogen-bond donors (Lipinski definition) is 1. The highest BCUT2D eigenvalue weighted by molar-refractivity contribution is 7.99. The number of ketones is 1. The number of thioether (sulfide) groups is 1. The zero-order valence-corrected chi connectivity index (χ0v) is 20.0. The molecule has 2 aromatic heterocycles. The molecule has 0 saturated heterocycles. The number of benzene rings is 2. The summed E-state index contributed by atoms with van der Waals surface area (Å²) in [5, 5.41) is 5.87. The van der Waals surface area contributed by atoms with E-state index in [9.17, 15) is 14.4 Å². The average molecular weight is 478 g/mol. The molecule has 168 valence electrons. The topological polar surface area (TPSA) is 81.1 Å². The lowest BCUT2D eigenvalue weighted by molar-refractivity contribution is -0.116. The number of aromatic nitrogens is 2. The Morgan fingerprint density at radius 2 is 1.82 bits per heavy atom. The van der Waals surface area contributed by atoms with E-state index in [1.54, 1.807) is 31.3 Å². The lowest BCUT2D eigenvalue weighted by atomic mass is 10.1. The molecule has 2 aromatic carbocycles. The zero-order valence-electron chi connectivity index (χ0n) is 18.3. The third kappa shape index (κ3) is 5.07. The van der Waals surface area contributed by atoms with Crippen molar-refractivity contribution in [3.8, 4) is 11.1 Å². The zero-order chi connectivity index (χ0) is 23.4. The van der Waals surface area contributed by atoms with Crippen LogP contribution in [0.3, 0.4) is 0 Å². The molecular weight excluding hydrogens is 454 g/mol. The summed E-state index contributed by atoms with van der Waals surface area (Å²) in [7, 11) is 1.68. The first-order valence-electron chi connectivity index (χ1n) is 10.6. The van der Waals surface area contributed by atoms with Gasteiger partial charge in [0.25, 0.3) is 5.56 Å². The number of Topliss-reactive ketones (excluding diaryl/α,β-unsaturated/α-hetero) is 1. The Bertz CT molecular complexity index is 1360. The lowest BCUT2D eigenvalue weighted by Crippen LogP contribution is -2.20. The highest BCUT2D eigenvalue weighted by atomic mass is 32.2. The van der Waals surface area contributed by atoms with Crippen LogP contribution in [0.1, 0.15) is 30.1 Å². The van der Waals surface area contributed by atoms with Gasteiger partial charge in [-0.25, -0.2) is 4.98 Å². The van der Waals surface area contributed by atoms with Crippen LogP contribution in [-0.2, 0) is 11.8 Å². The Morgan fingerprint density at radius 1 is 1.09 bits per heavy atom. The number of carbonyl (C=O) groups excluding carboxylic acids is 2. The number of thiophene rings is 1. The van der Waals surface area contributed by atoms with Crippen molar-refractivity contribution in [2.45, 2.75) is 24.9 Å². The van der Waals surface area contributed by atoms with Gasteiger partial charge < -0.3 is 5.32 Å². The predicted molar refractivity (Wildman–Crippen MR) is 135 cm³/mol. The van der Waals surface area contributed by atoms with Crippen LogP contribution in [-0.4, -0.2) is 27.0 Å². The van der Waals surface area contributed by atoms with Gasteiger partial charge in [-0.15, -0.1) is 11.3 Å². The molecule has 1 amide bonds. The summed E-state index contributed by atoms with van der Waals surface area (Å²) in [6.07, 6.45) is 1.24. The van der Waals surface area contributed by atoms with Gasteiger partial charge in [0.15, 0.2) is 10.9 Å². The molecule has 0 aliphatic heterocycles. The smallest absolute Gasteiger partial charge is 0.263 e. The second-order valence-electron chi connectivity index (χ2n) is 7.54. The summed E-state index contributed by atoms with van der Waals surface area (Å²) in [6.45, 7) is 1.95. The molecule has 1 N–H and O–H groups in total. The van der Waals surface area contributed by atoms with E-state index in [0.717, 1.165) is 17.5 Å². The molecular formula is C25H23N3O3S2. The highest BCUT2D eigenvalue weighted by Crippen LogP contribution is 2.32. The molecule has 0 bridgehead atoms. The summed E-state index contributed by atoms with van der Waals surface area (Å²) in [4.78, 5) is 42.8. The first kappa shape index (κ1) is 22.9. The Balaban J connectivity index is 1.49. The maximum absolute atomic E-state index is 13.1. The highest BCUT2D eigenvalue weighted by Gasteiger charge is 2.17. The van der Waals surface area contributed by atoms with Crippen molar-refractivity contribution in [2.24, 2.45) is 7.05 Å². The van der Waals surface area contributed by atoms with Gasteiger partial charge in [-0.1, -0.05) is 49.0 Å². The normalized spacial score (nSPS) is 11.0. The van der Waals surface area contributed by atoms with Gasteiger partial charge >= 0.3 is 0 Å². The molecule has 4 aromatic rings. The first-order chi connectivity index (χ1) is 16.0. The molecule has 6 nitrogen and oxygen atoms in total. The van der Waals surface area contributed by atoms with Crippen LogP contribution in [0.25, 0.3) is 21.3 Å². The van der Waals surface area contributed by atoms with E-state index < -0.39 is 0 Å². The lowest BCUT2D eigenvalue weighted by Gasteiger charge is -2.08. The molecule has 0 fully saturated rings. The fourth-order valence-electron chi connectivity index (χ4n) is 3.42. The van der Waals surface area contributed by atoms with Crippen molar-refractivity contribution in [3.05, 3.63) is 75.9 Å². The minimum atomic E-state index is -0.123. The van der Waals surface area contributed by atoms with Gasteiger partial charge in [-0.05, 0) is 36.2 Å². The number of amides is 1. The molecule has 0 spiro atoms. The molecule has 33 heavy (non-hydrogen) atoms. The number of hydrogen-bond acceptors (Lipinski definition) is 6.